The molecule has 3 N–H and O–H groups in total. The van der Waals surface area contributed by atoms with E-state index in [-0.39, 0.29) is 12.5 Å². The van der Waals surface area contributed by atoms with Crippen LogP contribution >= 0.6 is 0 Å². The van der Waals surface area contributed by atoms with Gasteiger partial charge >= 0.3 is 0 Å². The lowest BCUT2D eigenvalue weighted by molar-refractivity contribution is -0.117. The number of amides is 1. The first-order chi connectivity index (χ1) is 8.97. The molecule has 0 heterocycles. The van der Waals surface area contributed by atoms with Gasteiger partial charge in [-0.3, -0.25) is 9.69 Å². The van der Waals surface area contributed by atoms with Crippen molar-refractivity contribution in [1.82, 2.24) is 4.90 Å². The lowest BCUT2D eigenvalue weighted by Crippen LogP contribution is -2.39. The predicted octanol–water partition coefficient (Wildman–Crippen LogP) is 2.47. The third-order valence-corrected chi connectivity index (χ3v) is 3.26. The van der Waals surface area contributed by atoms with Crippen molar-refractivity contribution >= 4 is 17.3 Å². The number of carbonyl (C=O) groups excluding carboxylic acids is 1. The van der Waals surface area contributed by atoms with Gasteiger partial charge in [-0.15, -0.1) is 0 Å². The summed E-state index contributed by atoms with van der Waals surface area (Å²) in [5.74, 6) is -0.599. The summed E-state index contributed by atoms with van der Waals surface area (Å²) in [7, 11) is 0. The second-order valence-electron chi connectivity index (χ2n) is 4.60. The van der Waals surface area contributed by atoms with E-state index in [1.807, 2.05) is 6.92 Å². The molecule has 0 aliphatic carbocycles. The quantitative estimate of drug-likeness (QED) is 0.778. The smallest absolute Gasteiger partial charge is 0.238 e. The van der Waals surface area contributed by atoms with Gasteiger partial charge in [0.2, 0.25) is 5.91 Å². The zero-order valence-electron chi connectivity index (χ0n) is 11.7. The van der Waals surface area contributed by atoms with E-state index in [1.165, 1.54) is 18.2 Å². The third kappa shape index (κ3) is 4.52. The highest BCUT2D eigenvalue weighted by atomic mass is 19.1. The van der Waals surface area contributed by atoms with Gasteiger partial charge in [-0.25, -0.2) is 4.39 Å². The number of carbonyl (C=O) groups is 1. The van der Waals surface area contributed by atoms with Gasteiger partial charge in [0.25, 0.3) is 0 Å². The molecule has 1 unspecified atom stereocenters. The largest absolute Gasteiger partial charge is 0.397 e. The van der Waals surface area contributed by atoms with Crippen LogP contribution < -0.4 is 11.1 Å². The van der Waals surface area contributed by atoms with Crippen LogP contribution in [0.4, 0.5) is 15.8 Å². The number of rotatable bonds is 6. The van der Waals surface area contributed by atoms with Gasteiger partial charge in [0.15, 0.2) is 0 Å². The number of nitrogens with two attached hydrogens (primary N) is 1. The van der Waals surface area contributed by atoms with E-state index >= 15 is 0 Å². The Labute approximate surface area is 113 Å². The SMILES string of the molecule is CCC(C)N(CC)CC(=O)Nc1cc(F)ccc1N. The van der Waals surface area contributed by atoms with Crippen molar-refractivity contribution in [2.75, 3.05) is 24.1 Å². The molecule has 1 aromatic carbocycles. The van der Waals surface area contributed by atoms with Crippen LogP contribution in [0, 0.1) is 5.82 Å². The number of nitrogens with one attached hydrogen (secondary N) is 1. The first kappa shape index (κ1) is 15.4. The van der Waals surface area contributed by atoms with Crippen LogP contribution in [0.2, 0.25) is 0 Å². The molecule has 0 saturated carbocycles. The number of hydrogen-bond acceptors (Lipinski definition) is 3. The van der Waals surface area contributed by atoms with E-state index in [9.17, 15) is 9.18 Å². The van der Waals surface area contributed by atoms with Crippen molar-refractivity contribution in [3.8, 4) is 0 Å². The number of likely N-dealkylation sites (N-methyl/N-ethyl adjacent to an activating group) is 1. The third-order valence-electron chi connectivity index (χ3n) is 3.26. The summed E-state index contributed by atoms with van der Waals surface area (Å²) in [6.07, 6.45) is 0.975. The van der Waals surface area contributed by atoms with E-state index in [0.717, 1.165) is 13.0 Å². The van der Waals surface area contributed by atoms with Crippen LogP contribution in [-0.2, 0) is 4.79 Å². The Morgan fingerprint density at radius 3 is 2.74 bits per heavy atom. The molecule has 4 nitrogen and oxygen atoms in total. The molecule has 1 rings (SSSR count). The highest BCUT2D eigenvalue weighted by Gasteiger charge is 2.15. The Bertz CT molecular complexity index is 437. The average molecular weight is 267 g/mol. The molecule has 0 spiro atoms. The zero-order valence-corrected chi connectivity index (χ0v) is 11.7. The number of nitrogens with zero attached hydrogens (tertiary/aromatic N) is 1. The minimum Gasteiger partial charge on any atom is -0.397 e. The minimum absolute atomic E-state index is 0.181. The summed E-state index contributed by atoms with van der Waals surface area (Å²) in [6.45, 7) is 7.24. The maximum atomic E-state index is 13.1. The lowest BCUT2D eigenvalue weighted by atomic mass is 10.2. The first-order valence-electron chi connectivity index (χ1n) is 6.56. The van der Waals surface area contributed by atoms with E-state index in [0.29, 0.717) is 17.4 Å². The standard InChI is InChI=1S/C14H22FN3O/c1-4-10(3)18(5-2)9-14(19)17-13-8-11(15)6-7-12(13)16/h6-8,10H,4-5,9,16H2,1-3H3,(H,17,19). The van der Waals surface area contributed by atoms with Gasteiger partial charge in [0, 0.05) is 6.04 Å². The van der Waals surface area contributed by atoms with Crippen LogP contribution in [0.5, 0.6) is 0 Å². The van der Waals surface area contributed by atoms with E-state index in [2.05, 4.69) is 24.1 Å². The Morgan fingerprint density at radius 2 is 2.16 bits per heavy atom. The molecule has 1 amide bonds. The fourth-order valence-corrected chi connectivity index (χ4v) is 1.85. The summed E-state index contributed by atoms with van der Waals surface area (Å²) in [6, 6.07) is 4.27. The van der Waals surface area contributed by atoms with Gasteiger partial charge in [-0.1, -0.05) is 13.8 Å². The van der Waals surface area contributed by atoms with Gasteiger partial charge in [0.1, 0.15) is 5.82 Å². The molecule has 5 heteroatoms. The molecule has 0 aliphatic heterocycles. The number of halogens is 1. The number of nitrogen functional groups attached to an aromatic ring is 1. The molecule has 0 bridgehead atoms. The van der Waals surface area contributed by atoms with Crippen LogP contribution in [-0.4, -0.2) is 29.9 Å². The molecule has 19 heavy (non-hydrogen) atoms. The molecule has 0 fully saturated rings. The van der Waals surface area contributed by atoms with E-state index in [4.69, 9.17) is 5.73 Å². The first-order valence-corrected chi connectivity index (χ1v) is 6.56. The minimum atomic E-state index is -0.418. The van der Waals surface area contributed by atoms with E-state index < -0.39 is 5.82 Å². The summed E-state index contributed by atoms with van der Waals surface area (Å²) in [5.41, 5.74) is 6.38. The maximum Gasteiger partial charge on any atom is 0.238 e. The molecule has 0 radical (unpaired) electrons. The van der Waals surface area contributed by atoms with Crippen molar-refractivity contribution in [2.24, 2.45) is 0 Å². The summed E-state index contributed by atoms with van der Waals surface area (Å²) >= 11 is 0. The number of hydrogen-bond donors (Lipinski definition) is 2. The molecule has 0 saturated heterocycles. The van der Waals surface area contributed by atoms with Crippen molar-refractivity contribution in [2.45, 2.75) is 33.2 Å². The van der Waals surface area contributed by atoms with Crippen LogP contribution in [0.25, 0.3) is 0 Å². The fourth-order valence-electron chi connectivity index (χ4n) is 1.85. The molecule has 106 valence electrons. The summed E-state index contributed by atoms with van der Waals surface area (Å²) in [5, 5.41) is 2.65. The number of anilines is 2. The summed E-state index contributed by atoms with van der Waals surface area (Å²) in [4.78, 5) is 14.0. The fraction of sp³-hybridized carbons (Fsp3) is 0.500. The molecular weight excluding hydrogens is 245 g/mol. The highest BCUT2D eigenvalue weighted by molar-refractivity contribution is 5.95. The second kappa shape index (κ2) is 7.09. The molecule has 1 aromatic rings. The van der Waals surface area contributed by atoms with Crippen LogP contribution in [0.15, 0.2) is 18.2 Å². The maximum absolute atomic E-state index is 13.1. The Morgan fingerprint density at radius 1 is 1.47 bits per heavy atom. The summed E-state index contributed by atoms with van der Waals surface area (Å²) < 4.78 is 13.1. The monoisotopic (exact) mass is 267 g/mol. The van der Waals surface area contributed by atoms with Crippen LogP contribution in [0.1, 0.15) is 27.2 Å². The highest BCUT2D eigenvalue weighted by Crippen LogP contribution is 2.19. The molecule has 0 aromatic heterocycles. The topological polar surface area (TPSA) is 58.4 Å². The average Bonchev–Trinajstić information content (AvgIpc) is 2.39. The number of benzene rings is 1. The van der Waals surface area contributed by atoms with Crippen molar-refractivity contribution in [3.63, 3.8) is 0 Å². The molecule has 1 atom stereocenters. The Balaban J connectivity index is 2.66. The zero-order chi connectivity index (χ0) is 14.4. The van der Waals surface area contributed by atoms with Gasteiger partial charge < -0.3 is 11.1 Å². The predicted molar refractivity (Wildman–Crippen MR) is 76.4 cm³/mol. The van der Waals surface area contributed by atoms with Gasteiger partial charge in [-0.05, 0) is 38.1 Å². The second-order valence-corrected chi connectivity index (χ2v) is 4.60. The van der Waals surface area contributed by atoms with Crippen LogP contribution in [0.3, 0.4) is 0 Å². The van der Waals surface area contributed by atoms with Gasteiger partial charge in [-0.2, -0.15) is 0 Å². The lowest BCUT2D eigenvalue weighted by Gasteiger charge is -2.26. The van der Waals surface area contributed by atoms with Gasteiger partial charge in [0.05, 0.1) is 17.9 Å². The normalized spacial score (nSPS) is 12.5. The van der Waals surface area contributed by atoms with E-state index in [1.54, 1.807) is 0 Å². The Kier molecular flexibility index (Phi) is 5.76. The Hall–Kier alpha value is -1.62. The molecule has 0 aliphatic rings. The van der Waals surface area contributed by atoms with Crippen molar-refractivity contribution in [1.29, 1.82) is 0 Å². The van der Waals surface area contributed by atoms with Crippen molar-refractivity contribution in [3.05, 3.63) is 24.0 Å². The molecular formula is C14H22FN3O. The van der Waals surface area contributed by atoms with Crippen molar-refractivity contribution < 1.29 is 9.18 Å².